The molecule has 1 heterocycles. The van der Waals surface area contributed by atoms with E-state index in [9.17, 15) is 0 Å². The lowest BCUT2D eigenvalue weighted by atomic mass is 9.97. The molecule has 1 aliphatic heterocycles. The lowest BCUT2D eigenvalue weighted by molar-refractivity contribution is 0.0783. The number of hydrogen-bond acceptors (Lipinski definition) is 3. The van der Waals surface area contributed by atoms with Crippen molar-refractivity contribution in [1.29, 1.82) is 0 Å². The molecule has 0 spiro atoms. The average molecular weight is 277 g/mol. The zero-order chi connectivity index (χ0) is 14.2. The van der Waals surface area contributed by atoms with Gasteiger partial charge in [-0.1, -0.05) is 31.2 Å². The number of ether oxygens (including phenoxy) is 2. The van der Waals surface area contributed by atoms with Crippen molar-refractivity contribution in [2.75, 3.05) is 26.9 Å². The lowest BCUT2D eigenvalue weighted by Crippen LogP contribution is -2.32. The Kier molecular flexibility index (Phi) is 6.51. The normalized spacial score (nSPS) is 20.2. The summed E-state index contributed by atoms with van der Waals surface area (Å²) in [6.45, 7) is 4.92. The fourth-order valence-corrected chi connectivity index (χ4v) is 2.74. The van der Waals surface area contributed by atoms with E-state index in [1.165, 1.54) is 17.5 Å². The SMILES string of the molecule is CCCNC(c1ccc(CCOC)cc1)C1CCCO1. The average Bonchev–Trinajstić information content (AvgIpc) is 3.01. The summed E-state index contributed by atoms with van der Waals surface area (Å²) in [6.07, 6.45) is 4.79. The molecule has 0 aromatic heterocycles. The van der Waals surface area contributed by atoms with Crippen LogP contribution in [0.1, 0.15) is 43.4 Å². The van der Waals surface area contributed by atoms with Crippen molar-refractivity contribution in [3.63, 3.8) is 0 Å². The highest BCUT2D eigenvalue weighted by atomic mass is 16.5. The van der Waals surface area contributed by atoms with Crippen LogP contribution in [0.25, 0.3) is 0 Å². The van der Waals surface area contributed by atoms with Crippen LogP contribution in [0.2, 0.25) is 0 Å². The lowest BCUT2D eigenvalue weighted by Gasteiger charge is -2.25. The molecule has 2 rings (SSSR count). The van der Waals surface area contributed by atoms with E-state index in [1.807, 2.05) is 0 Å². The standard InChI is InChI=1S/C17H27NO2/c1-3-11-18-17(16-5-4-12-20-16)15-8-6-14(7-9-15)10-13-19-2/h6-9,16-18H,3-5,10-13H2,1-2H3. The molecule has 1 N–H and O–H groups in total. The molecule has 0 saturated carbocycles. The van der Waals surface area contributed by atoms with E-state index < -0.39 is 0 Å². The molecule has 0 amide bonds. The second-order valence-corrected chi connectivity index (χ2v) is 5.47. The third kappa shape index (κ3) is 4.30. The Morgan fingerprint density at radius 2 is 2.15 bits per heavy atom. The van der Waals surface area contributed by atoms with Crippen molar-refractivity contribution < 1.29 is 9.47 Å². The van der Waals surface area contributed by atoms with E-state index in [4.69, 9.17) is 9.47 Å². The van der Waals surface area contributed by atoms with Gasteiger partial charge in [-0.15, -0.1) is 0 Å². The molecule has 112 valence electrons. The molecule has 1 aromatic rings. The third-order valence-electron chi connectivity index (χ3n) is 3.88. The Hall–Kier alpha value is -0.900. The minimum absolute atomic E-state index is 0.325. The van der Waals surface area contributed by atoms with Crippen LogP contribution >= 0.6 is 0 Å². The van der Waals surface area contributed by atoms with Gasteiger partial charge in [0.05, 0.1) is 18.8 Å². The first-order valence-corrected chi connectivity index (χ1v) is 7.78. The largest absolute Gasteiger partial charge is 0.384 e. The monoisotopic (exact) mass is 277 g/mol. The minimum Gasteiger partial charge on any atom is -0.384 e. The van der Waals surface area contributed by atoms with E-state index >= 15 is 0 Å². The first kappa shape index (κ1) is 15.5. The molecule has 2 atom stereocenters. The Labute approximate surface area is 122 Å². The van der Waals surface area contributed by atoms with E-state index in [0.717, 1.165) is 39.0 Å². The van der Waals surface area contributed by atoms with Gasteiger partial charge in [0.2, 0.25) is 0 Å². The Morgan fingerprint density at radius 1 is 1.35 bits per heavy atom. The molecule has 1 fully saturated rings. The summed E-state index contributed by atoms with van der Waals surface area (Å²) in [6, 6.07) is 9.22. The molecule has 1 saturated heterocycles. The van der Waals surface area contributed by atoms with Gasteiger partial charge in [-0.3, -0.25) is 0 Å². The number of benzene rings is 1. The van der Waals surface area contributed by atoms with Crippen LogP contribution in [-0.4, -0.2) is 33.0 Å². The van der Waals surface area contributed by atoms with Gasteiger partial charge in [-0.25, -0.2) is 0 Å². The highest BCUT2D eigenvalue weighted by Gasteiger charge is 2.26. The summed E-state index contributed by atoms with van der Waals surface area (Å²) in [7, 11) is 1.75. The van der Waals surface area contributed by atoms with Crippen LogP contribution in [-0.2, 0) is 15.9 Å². The van der Waals surface area contributed by atoms with Gasteiger partial charge in [0.15, 0.2) is 0 Å². The van der Waals surface area contributed by atoms with Crippen molar-refractivity contribution in [2.45, 2.75) is 44.8 Å². The highest BCUT2D eigenvalue weighted by molar-refractivity contribution is 5.26. The number of rotatable bonds is 8. The fraction of sp³-hybridized carbons (Fsp3) is 0.647. The summed E-state index contributed by atoms with van der Waals surface area (Å²) in [4.78, 5) is 0. The van der Waals surface area contributed by atoms with E-state index in [1.54, 1.807) is 7.11 Å². The molecule has 1 aliphatic rings. The predicted molar refractivity (Wildman–Crippen MR) is 82.0 cm³/mol. The van der Waals surface area contributed by atoms with E-state index in [2.05, 4.69) is 36.5 Å². The fourth-order valence-electron chi connectivity index (χ4n) is 2.74. The maximum absolute atomic E-state index is 5.88. The molecule has 0 bridgehead atoms. The van der Waals surface area contributed by atoms with Crippen LogP contribution < -0.4 is 5.32 Å². The van der Waals surface area contributed by atoms with Crippen LogP contribution in [0.4, 0.5) is 0 Å². The van der Waals surface area contributed by atoms with Crippen molar-refractivity contribution >= 4 is 0 Å². The predicted octanol–water partition coefficient (Wildman–Crippen LogP) is 3.10. The van der Waals surface area contributed by atoms with Crippen LogP contribution in [0, 0.1) is 0 Å². The number of methoxy groups -OCH3 is 1. The van der Waals surface area contributed by atoms with Crippen molar-refractivity contribution in [2.24, 2.45) is 0 Å². The Balaban J connectivity index is 2.03. The number of nitrogens with one attached hydrogen (secondary N) is 1. The van der Waals surface area contributed by atoms with Gasteiger partial charge in [-0.2, -0.15) is 0 Å². The van der Waals surface area contributed by atoms with Gasteiger partial charge < -0.3 is 14.8 Å². The zero-order valence-corrected chi connectivity index (χ0v) is 12.7. The second kappa shape index (κ2) is 8.40. The topological polar surface area (TPSA) is 30.5 Å². The van der Waals surface area contributed by atoms with Crippen molar-refractivity contribution in [1.82, 2.24) is 5.32 Å². The highest BCUT2D eigenvalue weighted by Crippen LogP contribution is 2.27. The van der Waals surface area contributed by atoms with Crippen LogP contribution in [0.5, 0.6) is 0 Å². The smallest absolute Gasteiger partial charge is 0.0770 e. The van der Waals surface area contributed by atoms with Gasteiger partial charge in [0.25, 0.3) is 0 Å². The number of hydrogen-bond donors (Lipinski definition) is 1. The summed E-state index contributed by atoms with van der Waals surface area (Å²) in [5.41, 5.74) is 2.67. The van der Waals surface area contributed by atoms with E-state index in [0.29, 0.717) is 12.1 Å². The molecule has 3 nitrogen and oxygen atoms in total. The quantitative estimate of drug-likeness (QED) is 0.792. The molecular weight excluding hydrogens is 250 g/mol. The first-order chi connectivity index (χ1) is 9.85. The summed E-state index contributed by atoms with van der Waals surface area (Å²) in [5, 5.41) is 3.64. The van der Waals surface area contributed by atoms with Gasteiger partial charge in [0, 0.05) is 13.7 Å². The molecule has 3 heteroatoms. The molecule has 0 radical (unpaired) electrons. The maximum Gasteiger partial charge on any atom is 0.0770 e. The molecule has 20 heavy (non-hydrogen) atoms. The summed E-state index contributed by atoms with van der Waals surface area (Å²) >= 11 is 0. The van der Waals surface area contributed by atoms with Gasteiger partial charge in [0.1, 0.15) is 0 Å². The molecular formula is C17H27NO2. The third-order valence-corrected chi connectivity index (χ3v) is 3.88. The van der Waals surface area contributed by atoms with Crippen molar-refractivity contribution in [3.05, 3.63) is 35.4 Å². The molecule has 2 unspecified atom stereocenters. The minimum atomic E-state index is 0.325. The summed E-state index contributed by atoms with van der Waals surface area (Å²) < 4.78 is 11.0. The molecule has 0 aliphatic carbocycles. The Bertz CT molecular complexity index is 371. The van der Waals surface area contributed by atoms with Crippen molar-refractivity contribution in [3.8, 4) is 0 Å². The zero-order valence-electron chi connectivity index (χ0n) is 12.7. The van der Waals surface area contributed by atoms with Crippen LogP contribution in [0.3, 0.4) is 0 Å². The van der Waals surface area contributed by atoms with E-state index in [-0.39, 0.29) is 0 Å². The van der Waals surface area contributed by atoms with Gasteiger partial charge >= 0.3 is 0 Å². The summed E-state index contributed by atoms with van der Waals surface area (Å²) in [5.74, 6) is 0. The van der Waals surface area contributed by atoms with Gasteiger partial charge in [-0.05, 0) is 43.4 Å². The molecule has 1 aromatic carbocycles. The first-order valence-electron chi connectivity index (χ1n) is 7.78. The second-order valence-electron chi connectivity index (χ2n) is 5.47. The Morgan fingerprint density at radius 3 is 2.75 bits per heavy atom. The maximum atomic E-state index is 5.88. The van der Waals surface area contributed by atoms with Crippen LogP contribution in [0.15, 0.2) is 24.3 Å².